The van der Waals surface area contributed by atoms with Gasteiger partial charge in [-0.25, -0.2) is 26.0 Å². The minimum absolute atomic E-state index is 0.00805. The zero-order chi connectivity index (χ0) is 35.4. The summed E-state index contributed by atoms with van der Waals surface area (Å²) in [5, 5.41) is 8.24. The minimum Gasteiger partial charge on any atom is -0.343 e. The van der Waals surface area contributed by atoms with Gasteiger partial charge >= 0.3 is 0 Å². The van der Waals surface area contributed by atoms with E-state index in [-0.39, 0.29) is 42.0 Å². The van der Waals surface area contributed by atoms with Crippen LogP contribution in [0.15, 0.2) is 54.9 Å². The van der Waals surface area contributed by atoms with E-state index in [1.54, 1.807) is 0 Å². The summed E-state index contributed by atoms with van der Waals surface area (Å²) in [6.07, 6.45) is 7.40. The van der Waals surface area contributed by atoms with Crippen LogP contribution in [-0.4, -0.2) is 66.5 Å². The summed E-state index contributed by atoms with van der Waals surface area (Å²) >= 11 is 0. The number of aromatic nitrogens is 1. The van der Waals surface area contributed by atoms with Gasteiger partial charge in [0.2, 0.25) is 21.8 Å². The lowest BCUT2D eigenvalue weighted by Crippen LogP contribution is -2.55. The van der Waals surface area contributed by atoms with Crippen LogP contribution in [0.2, 0.25) is 0 Å². The molecule has 3 atom stereocenters. The van der Waals surface area contributed by atoms with Crippen LogP contribution in [0.1, 0.15) is 74.0 Å². The van der Waals surface area contributed by atoms with Crippen molar-refractivity contribution >= 4 is 27.5 Å². The molecule has 2 aromatic carbocycles. The molecule has 3 aliphatic rings. The Labute approximate surface area is 289 Å². The second-order valence-corrected chi connectivity index (χ2v) is 15.7. The number of sulfonamides is 1. The quantitative estimate of drug-likeness (QED) is 0.210. The summed E-state index contributed by atoms with van der Waals surface area (Å²) in [7, 11) is -3.55. The summed E-state index contributed by atoms with van der Waals surface area (Å²) < 4.78 is 87.2. The number of pyridine rings is 1. The van der Waals surface area contributed by atoms with Crippen molar-refractivity contribution in [2.24, 2.45) is 5.92 Å². The van der Waals surface area contributed by atoms with Crippen LogP contribution in [0, 0.1) is 29.2 Å². The van der Waals surface area contributed by atoms with E-state index in [2.05, 4.69) is 20.9 Å². The van der Waals surface area contributed by atoms with Crippen LogP contribution in [0.5, 0.6) is 0 Å². The summed E-state index contributed by atoms with van der Waals surface area (Å²) in [4.78, 5) is 31.4. The number of carbonyl (C=O) groups is 2. The fraction of sp³-hybridized carbons (Fsp3) is 0.472. The lowest BCUT2D eigenvalue weighted by molar-refractivity contribution is -0.127. The van der Waals surface area contributed by atoms with Gasteiger partial charge in [0.15, 0.2) is 0 Å². The predicted molar refractivity (Wildman–Crippen MR) is 180 cm³/mol. The molecule has 1 aromatic heterocycles. The molecule has 14 heteroatoms. The van der Waals surface area contributed by atoms with Crippen molar-refractivity contribution < 1.29 is 35.6 Å². The highest BCUT2D eigenvalue weighted by Gasteiger charge is 2.39. The molecule has 0 bridgehead atoms. The molecule has 50 heavy (non-hydrogen) atoms. The Morgan fingerprint density at radius 1 is 0.920 bits per heavy atom. The van der Waals surface area contributed by atoms with Gasteiger partial charge in [0.1, 0.15) is 29.3 Å². The van der Waals surface area contributed by atoms with Gasteiger partial charge in [0, 0.05) is 49.6 Å². The maximum atomic E-state index is 15.5. The Morgan fingerprint density at radius 2 is 1.62 bits per heavy atom. The van der Waals surface area contributed by atoms with Crippen molar-refractivity contribution in [2.45, 2.75) is 81.0 Å². The highest BCUT2D eigenvalue weighted by Crippen LogP contribution is 2.35. The lowest BCUT2D eigenvalue weighted by atomic mass is 9.84. The molecule has 1 aliphatic heterocycles. The molecule has 0 spiro atoms. The van der Waals surface area contributed by atoms with Crippen LogP contribution in [0.4, 0.5) is 23.2 Å². The molecule has 6 rings (SSSR count). The highest BCUT2D eigenvalue weighted by atomic mass is 32.2. The Balaban J connectivity index is 1.29. The molecule has 3 N–H and O–H groups in total. The number of anilines is 1. The van der Waals surface area contributed by atoms with Gasteiger partial charge in [-0.1, -0.05) is 25.0 Å². The van der Waals surface area contributed by atoms with E-state index in [1.807, 2.05) is 0 Å². The van der Waals surface area contributed by atoms with E-state index in [0.717, 1.165) is 56.1 Å². The van der Waals surface area contributed by atoms with Crippen LogP contribution >= 0.6 is 0 Å². The van der Waals surface area contributed by atoms with Gasteiger partial charge in [-0.2, -0.15) is 4.31 Å². The minimum atomic E-state index is -3.55. The first-order valence-electron chi connectivity index (χ1n) is 17.1. The molecule has 268 valence electrons. The van der Waals surface area contributed by atoms with E-state index in [1.165, 1.54) is 22.6 Å². The Kier molecular flexibility index (Phi) is 11.2. The maximum Gasteiger partial charge on any atom is 0.247 e. The molecular weight excluding hydrogens is 674 g/mol. The van der Waals surface area contributed by atoms with Gasteiger partial charge in [-0.15, -0.1) is 0 Å². The molecule has 1 saturated heterocycles. The number of rotatable bonds is 13. The normalized spacial score (nSPS) is 20.0. The van der Waals surface area contributed by atoms with Crippen LogP contribution in [-0.2, 0) is 26.0 Å². The number of hydrogen-bond acceptors (Lipinski definition) is 6. The summed E-state index contributed by atoms with van der Waals surface area (Å²) in [5.74, 6) is -5.39. The van der Waals surface area contributed by atoms with Crippen molar-refractivity contribution in [1.29, 1.82) is 0 Å². The number of piperazine rings is 1. The first-order chi connectivity index (χ1) is 24.0. The van der Waals surface area contributed by atoms with Crippen molar-refractivity contribution in [3.05, 3.63) is 94.8 Å². The van der Waals surface area contributed by atoms with Crippen molar-refractivity contribution in [3.8, 4) is 0 Å². The number of amides is 2. The maximum absolute atomic E-state index is 15.5. The van der Waals surface area contributed by atoms with Gasteiger partial charge in [-0.05, 0) is 79.8 Å². The molecule has 0 unspecified atom stereocenters. The molecule has 3 fully saturated rings. The fourth-order valence-corrected chi connectivity index (χ4v) is 9.42. The van der Waals surface area contributed by atoms with Gasteiger partial charge in [0.25, 0.3) is 0 Å². The topological polar surface area (TPSA) is 120 Å². The first-order valence-corrected chi connectivity index (χ1v) is 18.7. The van der Waals surface area contributed by atoms with Crippen LogP contribution < -0.4 is 16.0 Å². The zero-order valence-electron chi connectivity index (χ0n) is 27.5. The van der Waals surface area contributed by atoms with Crippen LogP contribution in [0.25, 0.3) is 0 Å². The SMILES string of the molecule is O=C(CC1CC1)N[C@H](C(=O)Nc1cncc(F)c1CC[C@H]1CNCCN1S(=O)(=O)C1CCCC1)[C@@H](c1ccc(F)cc1)c1cc(F)cc(F)c1. The Bertz CT molecular complexity index is 1780. The largest absolute Gasteiger partial charge is 0.343 e. The number of carbonyl (C=O) groups excluding carboxylic acids is 2. The second kappa shape index (κ2) is 15.6. The zero-order valence-corrected chi connectivity index (χ0v) is 28.3. The van der Waals surface area contributed by atoms with E-state index >= 15 is 4.39 Å². The third-order valence-electron chi connectivity index (χ3n) is 9.91. The molecule has 2 saturated carbocycles. The van der Waals surface area contributed by atoms with Gasteiger partial charge in [-0.3, -0.25) is 14.6 Å². The van der Waals surface area contributed by atoms with E-state index < -0.39 is 68.4 Å². The smallest absolute Gasteiger partial charge is 0.247 e. The highest BCUT2D eigenvalue weighted by molar-refractivity contribution is 7.89. The monoisotopic (exact) mass is 715 g/mol. The number of benzene rings is 2. The molecule has 3 aromatic rings. The van der Waals surface area contributed by atoms with E-state index in [9.17, 15) is 31.2 Å². The summed E-state index contributed by atoms with van der Waals surface area (Å²) in [6, 6.07) is 5.90. The molecule has 2 heterocycles. The van der Waals surface area contributed by atoms with Crippen molar-refractivity contribution in [3.63, 3.8) is 0 Å². The Morgan fingerprint density at radius 3 is 2.30 bits per heavy atom. The number of hydrogen-bond donors (Lipinski definition) is 3. The molecule has 0 radical (unpaired) electrons. The average Bonchev–Trinajstić information content (AvgIpc) is 3.70. The summed E-state index contributed by atoms with van der Waals surface area (Å²) in [6.45, 7) is 1.20. The number of halogens is 4. The van der Waals surface area contributed by atoms with Crippen molar-refractivity contribution in [1.82, 2.24) is 19.9 Å². The molecule has 2 amide bonds. The van der Waals surface area contributed by atoms with Gasteiger partial charge < -0.3 is 16.0 Å². The third-order valence-corrected chi connectivity index (χ3v) is 12.4. The fourth-order valence-electron chi connectivity index (χ4n) is 7.17. The average molecular weight is 716 g/mol. The predicted octanol–water partition coefficient (Wildman–Crippen LogP) is 5.17. The summed E-state index contributed by atoms with van der Waals surface area (Å²) in [5.41, 5.74) is 0.421. The second-order valence-electron chi connectivity index (χ2n) is 13.5. The van der Waals surface area contributed by atoms with E-state index in [0.29, 0.717) is 44.1 Å². The first kappa shape index (κ1) is 35.9. The third kappa shape index (κ3) is 8.52. The van der Waals surface area contributed by atoms with Crippen molar-refractivity contribution in [2.75, 3.05) is 25.0 Å². The standard InChI is InChI=1S/C36H41F4N5O4S/c37-25-9-7-23(8-10-25)34(24-16-26(38)18-27(39)17-24)35(44-33(46)15-22-5-6-22)36(47)43-32-21-42-20-31(40)30(32)12-11-28-19-41-13-14-45(28)50(48,49)29-3-1-2-4-29/h7-10,16-18,20-22,28-29,34-35,41H,1-6,11-15,19H2,(H,43,47)(H,44,46)/t28-,34-,35-/m0/s1. The molecular formula is C36H41F4N5O4S. The number of nitrogens with one attached hydrogen (secondary N) is 3. The molecule has 9 nitrogen and oxygen atoms in total. The van der Waals surface area contributed by atoms with Crippen LogP contribution in [0.3, 0.4) is 0 Å². The number of nitrogens with zero attached hydrogens (tertiary/aromatic N) is 2. The van der Waals surface area contributed by atoms with Gasteiger partial charge in [0.05, 0.1) is 23.3 Å². The molecule has 2 aliphatic carbocycles. The lowest BCUT2D eigenvalue weighted by Gasteiger charge is -2.37. The van der Waals surface area contributed by atoms with E-state index in [4.69, 9.17) is 0 Å². The Hall–Kier alpha value is -3.88.